The molecule has 1 N–H and O–H groups in total. The molecule has 2 aromatic carbocycles. The molecule has 1 aliphatic heterocycles. The Kier molecular flexibility index (Phi) is 4.10. The molecular weight excluding hydrogens is 292 g/mol. The van der Waals surface area contributed by atoms with E-state index in [0.29, 0.717) is 18.0 Å². The van der Waals surface area contributed by atoms with E-state index in [1.54, 1.807) is 19.1 Å². The molecule has 0 aromatic heterocycles. The van der Waals surface area contributed by atoms with E-state index in [0.717, 1.165) is 16.9 Å². The second kappa shape index (κ2) is 6.20. The number of hydrogen-bond donors (Lipinski definition) is 1. The van der Waals surface area contributed by atoms with Gasteiger partial charge in [-0.1, -0.05) is 12.1 Å². The van der Waals surface area contributed by atoms with Crippen LogP contribution in [0.1, 0.15) is 12.5 Å². The van der Waals surface area contributed by atoms with E-state index in [-0.39, 0.29) is 11.9 Å². The van der Waals surface area contributed by atoms with Gasteiger partial charge in [-0.15, -0.1) is 0 Å². The number of rotatable bonds is 4. The van der Waals surface area contributed by atoms with Gasteiger partial charge in [-0.05, 0) is 36.8 Å². The number of methoxy groups -OCH3 is 2. The van der Waals surface area contributed by atoms with Crippen molar-refractivity contribution in [3.05, 3.63) is 48.0 Å². The van der Waals surface area contributed by atoms with E-state index in [1.165, 1.54) is 0 Å². The summed E-state index contributed by atoms with van der Waals surface area (Å²) < 4.78 is 10.6. The molecular formula is C18H20N2O3. The van der Waals surface area contributed by atoms with Gasteiger partial charge in [-0.3, -0.25) is 4.79 Å². The fourth-order valence-electron chi connectivity index (χ4n) is 2.78. The molecule has 0 saturated carbocycles. The van der Waals surface area contributed by atoms with E-state index in [4.69, 9.17) is 9.47 Å². The van der Waals surface area contributed by atoms with Crippen molar-refractivity contribution < 1.29 is 14.3 Å². The molecule has 1 heterocycles. The Morgan fingerprint density at radius 3 is 2.39 bits per heavy atom. The first-order chi connectivity index (χ1) is 11.1. The third-order valence-electron chi connectivity index (χ3n) is 3.96. The Bertz CT molecular complexity index is 708. The second-order valence-corrected chi connectivity index (χ2v) is 5.53. The number of anilines is 2. The molecule has 0 spiro atoms. The van der Waals surface area contributed by atoms with Crippen LogP contribution in [0.5, 0.6) is 11.5 Å². The summed E-state index contributed by atoms with van der Waals surface area (Å²) in [5.41, 5.74) is 2.81. The number of nitrogens with one attached hydrogen (secondary N) is 1. The minimum Gasteiger partial charge on any atom is -0.497 e. The maximum Gasteiger partial charge on any atom is 0.249 e. The second-order valence-electron chi connectivity index (χ2n) is 5.53. The molecule has 0 bridgehead atoms. The SMILES string of the molecule is COc1cc(CN2C(=O)C(C)Nc3ccccc32)cc(OC)c1. The van der Waals surface area contributed by atoms with Crippen LogP contribution in [-0.2, 0) is 11.3 Å². The van der Waals surface area contributed by atoms with Gasteiger partial charge in [0, 0.05) is 6.07 Å². The predicted molar refractivity (Wildman–Crippen MR) is 90.3 cm³/mol. The fraction of sp³-hybridized carbons (Fsp3) is 0.278. The van der Waals surface area contributed by atoms with E-state index >= 15 is 0 Å². The highest BCUT2D eigenvalue weighted by Crippen LogP contribution is 2.33. The van der Waals surface area contributed by atoms with Crippen molar-refractivity contribution in [1.29, 1.82) is 0 Å². The first kappa shape index (κ1) is 15.2. The van der Waals surface area contributed by atoms with Crippen LogP contribution in [0.2, 0.25) is 0 Å². The maximum atomic E-state index is 12.6. The molecule has 3 rings (SSSR count). The first-order valence-corrected chi connectivity index (χ1v) is 7.51. The quantitative estimate of drug-likeness (QED) is 0.943. The van der Waals surface area contributed by atoms with Crippen molar-refractivity contribution in [3.8, 4) is 11.5 Å². The Morgan fingerprint density at radius 2 is 1.74 bits per heavy atom. The number of carbonyl (C=O) groups is 1. The number of benzene rings is 2. The van der Waals surface area contributed by atoms with E-state index in [1.807, 2.05) is 49.4 Å². The van der Waals surface area contributed by atoms with Gasteiger partial charge in [0.2, 0.25) is 5.91 Å². The number of carbonyl (C=O) groups excluding carboxylic acids is 1. The lowest BCUT2D eigenvalue weighted by Gasteiger charge is -2.34. The molecule has 5 heteroatoms. The number of fused-ring (bicyclic) bond motifs is 1. The highest BCUT2D eigenvalue weighted by molar-refractivity contribution is 6.04. The van der Waals surface area contributed by atoms with Gasteiger partial charge in [-0.25, -0.2) is 0 Å². The van der Waals surface area contributed by atoms with Crippen molar-refractivity contribution >= 4 is 17.3 Å². The molecule has 120 valence electrons. The summed E-state index contributed by atoms with van der Waals surface area (Å²) in [7, 11) is 3.23. The average molecular weight is 312 g/mol. The minimum absolute atomic E-state index is 0.0467. The highest BCUT2D eigenvalue weighted by atomic mass is 16.5. The summed E-state index contributed by atoms with van der Waals surface area (Å²) in [6, 6.07) is 13.2. The molecule has 0 radical (unpaired) electrons. The number of amides is 1. The largest absolute Gasteiger partial charge is 0.497 e. The number of ether oxygens (including phenoxy) is 2. The van der Waals surface area contributed by atoms with Crippen molar-refractivity contribution in [2.45, 2.75) is 19.5 Å². The topological polar surface area (TPSA) is 50.8 Å². The number of para-hydroxylation sites is 2. The summed E-state index contributed by atoms with van der Waals surface area (Å²) in [4.78, 5) is 14.4. The zero-order valence-electron chi connectivity index (χ0n) is 13.5. The van der Waals surface area contributed by atoms with E-state index in [9.17, 15) is 4.79 Å². The third kappa shape index (κ3) is 2.95. The molecule has 5 nitrogen and oxygen atoms in total. The van der Waals surface area contributed by atoms with E-state index in [2.05, 4.69) is 5.32 Å². The molecule has 1 unspecified atom stereocenters. The van der Waals surface area contributed by atoms with Gasteiger partial charge in [0.05, 0.1) is 32.1 Å². The summed E-state index contributed by atoms with van der Waals surface area (Å²) >= 11 is 0. The molecule has 1 atom stereocenters. The Balaban J connectivity index is 1.97. The third-order valence-corrected chi connectivity index (χ3v) is 3.96. The number of hydrogen-bond acceptors (Lipinski definition) is 4. The monoisotopic (exact) mass is 312 g/mol. The van der Waals surface area contributed by atoms with Gasteiger partial charge in [0.25, 0.3) is 0 Å². The number of nitrogens with zero attached hydrogens (tertiary/aromatic N) is 1. The van der Waals surface area contributed by atoms with Gasteiger partial charge >= 0.3 is 0 Å². The predicted octanol–water partition coefficient (Wildman–Crippen LogP) is 3.05. The lowest BCUT2D eigenvalue weighted by Crippen LogP contribution is -2.45. The van der Waals surface area contributed by atoms with Crippen molar-refractivity contribution in [2.75, 3.05) is 24.4 Å². The lowest BCUT2D eigenvalue weighted by molar-refractivity contribution is -0.119. The Morgan fingerprint density at radius 1 is 1.09 bits per heavy atom. The van der Waals surface area contributed by atoms with Crippen LogP contribution in [0.25, 0.3) is 0 Å². The van der Waals surface area contributed by atoms with Gasteiger partial charge in [-0.2, -0.15) is 0 Å². The smallest absolute Gasteiger partial charge is 0.249 e. The molecule has 23 heavy (non-hydrogen) atoms. The lowest BCUT2D eigenvalue weighted by atomic mass is 10.1. The Labute approximate surface area is 135 Å². The summed E-state index contributed by atoms with van der Waals surface area (Å²) in [6.45, 7) is 2.34. The van der Waals surface area contributed by atoms with Crippen molar-refractivity contribution in [1.82, 2.24) is 0 Å². The van der Waals surface area contributed by atoms with Gasteiger partial charge in [0.1, 0.15) is 17.5 Å². The van der Waals surface area contributed by atoms with Crippen molar-refractivity contribution in [2.24, 2.45) is 0 Å². The molecule has 0 saturated heterocycles. The van der Waals surface area contributed by atoms with Gasteiger partial charge < -0.3 is 19.7 Å². The fourth-order valence-corrected chi connectivity index (χ4v) is 2.78. The van der Waals surface area contributed by atoms with Gasteiger partial charge in [0.15, 0.2) is 0 Å². The maximum absolute atomic E-state index is 12.6. The van der Waals surface area contributed by atoms with Crippen LogP contribution in [0, 0.1) is 0 Å². The molecule has 0 aliphatic carbocycles. The summed E-state index contributed by atoms with van der Waals surface area (Å²) in [6.07, 6.45) is 0. The van der Waals surface area contributed by atoms with Crippen LogP contribution >= 0.6 is 0 Å². The zero-order chi connectivity index (χ0) is 16.4. The standard InChI is InChI=1S/C18H20N2O3/c1-12-18(21)20(17-7-5-4-6-16(17)19-12)11-13-8-14(22-2)10-15(9-13)23-3/h4-10,12,19H,11H2,1-3H3. The Hall–Kier alpha value is -2.69. The zero-order valence-corrected chi connectivity index (χ0v) is 13.5. The van der Waals surface area contributed by atoms with Crippen LogP contribution in [0.3, 0.4) is 0 Å². The van der Waals surface area contributed by atoms with Crippen LogP contribution in [0.4, 0.5) is 11.4 Å². The molecule has 1 aliphatic rings. The normalized spacial score (nSPS) is 16.6. The molecule has 1 amide bonds. The molecule has 0 fully saturated rings. The minimum atomic E-state index is -0.252. The summed E-state index contributed by atoms with van der Waals surface area (Å²) in [5, 5.41) is 3.23. The van der Waals surface area contributed by atoms with E-state index < -0.39 is 0 Å². The van der Waals surface area contributed by atoms with Crippen LogP contribution in [0.15, 0.2) is 42.5 Å². The first-order valence-electron chi connectivity index (χ1n) is 7.51. The average Bonchev–Trinajstić information content (AvgIpc) is 2.58. The van der Waals surface area contributed by atoms with Crippen LogP contribution < -0.4 is 19.7 Å². The van der Waals surface area contributed by atoms with Crippen LogP contribution in [-0.4, -0.2) is 26.2 Å². The highest BCUT2D eigenvalue weighted by Gasteiger charge is 2.29. The molecule has 2 aromatic rings. The van der Waals surface area contributed by atoms with Crippen molar-refractivity contribution in [3.63, 3.8) is 0 Å². The summed E-state index contributed by atoms with van der Waals surface area (Å²) in [5.74, 6) is 1.47.